The molecule has 2 nitrogen and oxygen atoms in total. The second-order valence-electron chi connectivity index (χ2n) is 6.01. The molecule has 0 radical (unpaired) electrons. The zero-order chi connectivity index (χ0) is 15.7. The van der Waals surface area contributed by atoms with Crippen LogP contribution in [0.15, 0.2) is 18.2 Å². The predicted octanol–water partition coefficient (Wildman–Crippen LogP) is 4.03. The topological polar surface area (TPSA) is 15.3 Å². The Morgan fingerprint density at radius 2 is 1.81 bits per heavy atom. The molecule has 0 aliphatic carbocycles. The SMILES string of the molecule is CCCNC(CCN(C)CCSC)c1cc(C)cc(C)c1. The quantitative estimate of drug-likeness (QED) is 0.702. The Morgan fingerprint density at radius 3 is 2.38 bits per heavy atom. The number of benzene rings is 1. The Labute approximate surface area is 135 Å². The van der Waals surface area contributed by atoms with Gasteiger partial charge in [0.2, 0.25) is 0 Å². The fourth-order valence-electron chi connectivity index (χ4n) is 2.62. The molecular weight excluding hydrogens is 276 g/mol. The van der Waals surface area contributed by atoms with Crippen LogP contribution in [0, 0.1) is 13.8 Å². The van der Waals surface area contributed by atoms with Crippen molar-refractivity contribution in [2.75, 3.05) is 38.7 Å². The van der Waals surface area contributed by atoms with Crippen LogP contribution in [0.3, 0.4) is 0 Å². The summed E-state index contributed by atoms with van der Waals surface area (Å²) in [6, 6.07) is 7.40. The minimum Gasteiger partial charge on any atom is -0.310 e. The maximum Gasteiger partial charge on any atom is 0.0332 e. The van der Waals surface area contributed by atoms with E-state index in [-0.39, 0.29) is 0 Å². The minimum atomic E-state index is 0.472. The van der Waals surface area contributed by atoms with Crippen LogP contribution in [-0.4, -0.2) is 43.6 Å². The van der Waals surface area contributed by atoms with Gasteiger partial charge in [-0.1, -0.05) is 36.2 Å². The third kappa shape index (κ3) is 7.35. The van der Waals surface area contributed by atoms with Crippen LogP contribution >= 0.6 is 11.8 Å². The molecule has 0 aliphatic rings. The van der Waals surface area contributed by atoms with Crippen LogP contribution in [0.1, 0.15) is 42.5 Å². The van der Waals surface area contributed by atoms with Crippen molar-refractivity contribution in [3.8, 4) is 0 Å². The molecular formula is C18H32N2S. The van der Waals surface area contributed by atoms with Gasteiger partial charge in [-0.2, -0.15) is 11.8 Å². The Morgan fingerprint density at radius 1 is 1.14 bits per heavy atom. The Hall–Kier alpha value is -0.510. The summed E-state index contributed by atoms with van der Waals surface area (Å²) in [7, 11) is 2.23. The lowest BCUT2D eigenvalue weighted by atomic mass is 9.98. The highest BCUT2D eigenvalue weighted by molar-refractivity contribution is 7.98. The number of hydrogen-bond acceptors (Lipinski definition) is 3. The third-order valence-electron chi connectivity index (χ3n) is 3.76. The van der Waals surface area contributed by atoms with Crippen LogP contribution in [0.5, 0.6) is 0 Å². The summed E-state index contributed by atoms with van der Waals surface area (Å²) in [6.07, 6.45) is 4.53. The van der Waals surface area contributed by atoms with Gasteiger partial charge in [0.1, 0.15) is 0 Å². The van der Waals surface area contributed by atoms with Gasteiger partial charge in [-0.3, -0.25) is 0 Å². The van der Waals surface area contributed by atoms with E-state index >= 15 is 0 Å². The first kappa shape index (κ1) is 18.5. The summed E-state index contributed by atoms with van der Waals surface area (Å²) in [5.41, 5.74) is 4.17. The first-order chi connectivity index (χ1) is 10.1. The number of aryl methyl sites for hydroxylation is 2. The van der Waals surface area contributed by atoms with Gasteiger partial charge in [0.05, 0.1) is 0 Å². The maximum atomic E-state index is 3.72. The van der Waals surface area contributed by atoms with E-state index < -0.39 is 0 Å². The minimum absolute atomic E-state index is 0.472. The van der Waals surface area contributed by atoms with E-state index in [9.17, 15) is 0 Å². The molecule has 3 heteroatoms. The van der Waals surface area contributed by atoms with Crippen molar-refractivity contribution in [1.29, 1.82) is 0 Å². The highest BCUT2D eigenvalue weighted by Crippen LogP contribution is 2.20. The monoisotopic (exact) mass is 308 g/mol. The van der Waals surface area contributed by atoms with Gasteiger partial charge in [-0.05, 0) is 58.6 Å². The molecule has 0 spiro atoms. The highest BCUT2D eigenvalue weighted by atomic mass is 32.2. The van der Waals surface area contributed by atoms with Crippen molar-refractivity contribution in [2.24, 2.45) is 0 Å². The standard InChI is InChI=1S/C18H32N2S/c1-6-8-19-18(7-9-20(4)10-11-21-5)17-13-15(2)12-16(3)14-17/h12-14,18-19H,6-11H2,1-5H3. The molecule has 1 aromatic rings. The van der Waals surface area contributed by atoms with Gasteiger partial charge in [0, 0.05) is 18.3 Å². The van der Waals surface area contributed by atoms with Crippen molar-refractivity contribution >= 4 is 11.8 Å². The molecule has 1 rings (SSSR count). The first-order valence-electron chi connectivity index (χ1n) is 8.05. The van der Waals surface area contributed by atoms with Crippen LogP contribution in [0.4, 0.5) is 0 Å². The summed E-state index contributed by atoms with van der Waals surface area (Å²) in [5, 5.41) is 3.72. The molecule has 0 amide bonds. The molecule has 21 heavy (non-hydrogen) atoms. The molecule has 1 unspecified atom stereocenters. The first-order valence-corrected chi connectivity index (χ1v) is 9.45. The molecule has 0 aromatic heterocycles. The van der Waals surface area contributed by atoms with Crippen LogP contribution in [0.25, 0.3) is 0 Å². The van der Waals surface area contributed by atoms with Gasteiger partial charge >= 0.3 is 0 Å². The van der Waals surface area contributed by atoms with Crippen molar-refractivity contribution in [1.82, 2.24) is 10.2 Å². The second-order valence-corrected chi connectivity index (χ2v) is 7.00. The van der Waals surface area contributed by atoms with Crippen molar-refractivity contribution in [3.63, 3.8) is 0 Å². The molecule has 0 saturated heterocycles. The summed E-state index contributed by atoms with van der Waals surface area (Å²) in [6.45, 7) is 10.0. The van der Waals surface area contributed by atoms with Crippen molar-refractivity contribution in [3.05, 3.63) is 34.9 Å². The summed E-state index contributed by atoms with van der Waals surface area (Å²) < 4.78 is 0. The molecule has 0 saturated carbocycles. The van der Waals surface area contributed by atoms with Crippen molar-refractivity contribution in [2.45, 2.75) is 39.7 Å². The molecule has 120 valence electrons. The average molecular weight is 309 g/mol. The lowest BCUT2D eigenvalue weighted by Gasteiger charge is -2.23. The van der Waals surface area contributed by atoms with E-state index in [4.69, 9.17) is 0 Å². The van der Waals surface area contributed by atoms with E-state index in [1.807, 2.05) is 11.8 Å². The summed E-state index contributed by atoms with van der Waals surface area (Å²) in [4.78, 5) is 2.44. The van der Waals surface area contributed by atoms with Gasteiger partial charge in [-0.25, -0.2) is 0 Å². The molecule has 1 atom stereocenters. The van der Waals surface area contributed by atoms with E-state index in [0.29, 0.717) is 6.04 Å². The smallest absolute Gasteiger partial charge is 0.0332 e. The van der Waals surface area contributed by atoms with Gasteiger partial charge in [0.15, 0.2) is 0 Å². The van der Waals surface area contributed by atoms with Crippen LogP contribution in [0.2, 0.25) is 0 Å². The van der Waals surface area contributed by atoms with Crippen molar-refractivity contribution < 1.29 is 0 Å². The average Bonchev–Trinajstić information content (AvgIpc) is 2.44. The van der Waals surface area contributed by atoms with Gasteiger partial charge in [-0.15, -0.1) is 0 Å². The molecule has 0 fully saturated rings. The molecule has 1 aromatic carbocycles. The molecule has 1 N–H and O–H groups in total. The molecule has 0 bridgehead atoms. The van der Waals surface area contributed by atoms with Gasteiger partial charge in [0.25, 0.3) is 0 Å². The molecule has 0 heterocycles. The Balaban J connectivity index is 2.66. The summed E-state index contributed by atoms with van der Waals surface area (Å²) >= 11 is 1.92. The van der Waals surface area contributed by atoms with E-state index in [2.05, 4.69) is 62.5 Å². The zero-order valence-electron chi connectivity index (χ0n) is 14.4. The normalized spacial score (nSPS) is 12.9. The third-order valence-corrected chi connectivity index (χ3v) is 4.35. The highest BCUT2D eigenvalue weighted by Gasteiger charge is 2.12. The number of hydrogen-bond donors (Lipinski definition) is 1. The zero-order valence-corrected chi connectivity index (χ0v) is 15.2. The maximum absolute atomic E-state index is 3.72. The largest absolute Gasteiger partial charge is 0.310 e. The number of nitrogens with zero attached hydrogens (tertiary/aromatic N) is 1. The fraction of sp³-hybridized carbons (Fsp3) is 0.667. The number of thioether (sulfide) groups is 1. The number of rotatable bonds is 10. The Bertz CT molecular complexity index is 386. The summed E-state index contributed by atoms with van der Waals surface area (Å²) in [5.74, 6) is 1.22. The second kappa shape index (κ2) is 10.3. The Kier molecular flexibility index (Phi) is 9.05. The van der Waals surface area contributed by atoms with E-state index in [1.54, 1.807) is 0 Å². The lowest BCUT2D eigenvalue weighted by Crippen LogP contribution is -2.29. The van der Waals surface area contributed by atoms with Gasteiger partial charge < -0.3 is 10.2 Å². The lowest BCUT2D eigenvalue weighted by molar-refractivity contribution is 0.323. The van der Waals surface area contributed by atoms with E-state index in [1.165, 1.54) is 41.8 Å². The number of nitrogens with one attached hydrogen (secondary N) is 1. The van der Waals surface area contributed by atoms with Crippen LogP contribution < -0.4 is 5.32 Å². The fourth-order valence-corrected chi connectivity index (χ4v) is 3.12. The van der Waals surface area contributed by atoms with E-state index in [0.717, 1.165) is 13.1 Å². The predicted molar refractivity (Wildman–Crippen MR) is 97.4 cm³/mol. The molecule has 0 aliphatic heterocycles. The van der Waals surface area contributed by atoms with Crippen LogP contribution in [-0.2, 0) is 0 Å².